The summed E-state index contributed by atoms with van der Waals surface area (Å²) in [7, 11) is 0. The lowest BCUT2D eigenvalue weighted by molar-refractivity contribution is -0.118. The molecule has 0 atom stereocenters. The van der Waals surface area contributed by atoms with Crippen LogP contribution in [0.4, 0.5) is 5.69 Å². The maximum atomic E-state index is 12.6. The Morgan fingerprint density at radius 2 is 1.82 bits per heavy atom. The standard InChI is InChI=1S/C22H25BrN2O3/c1-15-9-11-25(12-10-15)22(27)17-3-6-19(7-4-17)24-21(26)14-28-20-8-5-18(23)13-16(20)2/h3-8,13,15H,9-12,14H2,1-2H3,(H,24,26). The van der Waals surface area contributed by atoms with Gasteiger partial charge in [0.15, 0.2) is 6.61 Å². The molecule has 0 saturated carbocycles. The van der Waals surface area contributed by atoms with Gasteiger partial charge in [-0.1, -0.05) is 22.9 Å². The van der Waals surface area contributed by atoms with E-state index in [9.17, 15) is 9.59 Å². The van der Waals surface area contributed by atoms with Gasteiger partial charge >= 0.3 is 0 Å². The van der Waals surface area contributed by atoms with Crippen LogP contribution >= 0.6 is 15.9 Å². The molecule has 0 aliphatic carbocycles. The van der Waals surface area contributed by atoms with Gasteiger partial charge in [-0.2, -0.15) is 0 Å². The van der Waals surface area contributed by atoms with Crippen molar-refractivity contribution in [1.29, 1.82) is 0 Å². The van der Waals surface area contributed by atoms with E-state index in [0.29, 0.717) is 22.9 Å². The minimum Gasteiger partial charge on any atom is -0.483 e. The van der Waals surface area contributed by atoms with Gasteiger partial charge in [0.25, 0.3) is 11.8 Å². The quantitative estimate of drug-likeness (QED) is 0.729. The van der Waals surface area contributed by atoms with Gasteiger partial charge in [-0.05, 0) is 73.7 Å². The Morgan fingerprint density at radius 1 is 1.14 bits per heavy atom. The third kappa shape index (κ3) is 5.35. The third-order valence-corrected chi connectivity index (χ3v) is 5.48. The second-order valence-corrected chi connectivity index (χ2v) is 8.21. The number of nitrogens with zero attached hydrogens (tertiary/aromatic N) is 1. The molecule has 2 aromatic carbocycles. The number of rotatable bonds is 5. The second-order valence-electron chi connectivity index (χ2n) is 7.30. The lowest BCUT2D eigenvalue weighted by Crippen LogP contribution is -2.37. The van der Waals surface area contributed by atoms with Crippen molar-refractivity contribution in [2.24, 2.45) is 5.92 Å². The molecule has 28 heavy (non-hydrogen) atoms. The molecule has 0 radical (unpaired) electrons. The van der Waals surface area contributed by atoms with Crippen molar-refractivity contribution < 1.29 is 14.3 Å². The number of ether oxygens (including phenoxy) is 1. The predicted molar refractivity (Wildman–Crippen MR) is 114 cm³/mol. The van der Waals surface area contributed by atoms with E-state index in [2.05, 4.69) is 28.2 Å². The van der Waals surface area contributed by atoms with Gasteiger partial charge in [0.05, 0.1) is 0 Å². The highest BCUT2D eigenvalue weighted by molar-refractivity contribution is 9.10. The number of halogens is 1. The number of hydrogen-bond acceptors (Lipinski definition) is 3. The third-order valence-electron chi connectivity index (χ3n) is 4.98. The highest BCUT2D eigenvalue weighted by Gasteiger charge is 2.21. The molecule has 6 heteroatoms. The average molecular weight is 445 g/mol. The normalized spacial score (nSPS) is 14.6. The molecule has 1 aliphatic heterocycles. The van der Waals surface area contributed by atoms with Crippen molar-refractivity contribution in [2.75, 3.05) is 25.0 Å². The zero-order chi connectivity index (χ0) is 20.1. The minimum absolute atomic E-state index is 0.0545. The molecule has 2 aromatic rings. The van der Waals surface area contributed by atoms with E-state index < -0.39 is 0 Å². The summed E-state index contributed by atoms with van der Waals surface area (Å²) in [6, 6.07) is 12.7. The minimum atomic E-state index is -0.244. The first-order chi connectivity index (χ1) is 13.4. The molecule has 1 aliphatic rings. The molecule has 0 aromatic heterocycles. The summed E-state index contributed by atoms with van der Waals surface area (Å²) in [5.74, 6) is 1.17. The highest BCUT2D eigenvalue weighted by atomic mass is 79.9. The highest BCUT2D eigenvalue weighted by Crippen LogP contribution is 2.22. The van der Waals surface area contributed by atoms with Crippen LogP contribution in [0.1, 0.15) is 35.7 Å². The zero-order valence-corrected chi connectivity index (χ0v) is 17.8. The van der Waals surface area contributed by atoms with Gasteiger partial charge in [-0.15, -0.1) is 0 Å². The number of amides is 2. The fourth-order valence-electron chi connectivity index (χ4n) is 3.21. The molecule has 148 valence electrons. The number of aryl methyl sites for hydroxylation is 1. The first-order valence-electron chi connectivity index (χ1n) is 9.50. The number of benzene rings is 2. The molecular formula is C22H25BrN2O3. The molecular weight excluding hydrogens is 420 g/mol. The fourth-order valence-corrected chi connectivity index (χ4v) is 3.68. The Labute approximate surface area is 174 Å². The number of hydrogen-bond donors (Lipinski definition) is 1. The maximum Gasteiger partial charge on any atom is 0.262 e. The number of likely N-dealkylation sites (tertiary alicyclic amines) is 1. The van der Waals surface area contributed by atoms with Crippen LogP contribution in [0.3, 0.4) is 0 Å². The first-order valence-corrected chi connectivity index (χ1v) is 10.3. The van der Waals surface area contributed by atoms with Gasteiger partial charge in [0.1, 0.15) is 5.75 Å². The van der Waals surface area contributed by atoms with Crippen molar-refractivity contribution in [3.63, 3.8) is 0 Å². The van der Waals surface area contributed by atoms with E-state index in [0.717, 1.165) is 36.0 Å². The summed E-state index contributed by atoms with van der Waals surface area (Å²) in [4.78, 5) is 26.6. The van der Waals surface area contributed by atoms with Crippen LogP contribution in [0.25, 0.3) is 0 Å². The van der Waals surface area contributed by atoms with Gasteiger partial charge in [-0.25, -0.2) is 0 Å². The van der Waals surface area contributed by atoms with E-state index >= 15 is 0 Å². The second kappa shape index (κ2) is 9.24. The van der Waals surface area contributed by atoms with Gasteiger partial charge < -0.3 is 15.0 Å². The van der Waals surface area contributed by atoms with Crippen LogP contribution in [-0.4, -0.2) is 36.4 Å². The van der Waals surface area contributed by atoms with Gasteiger partial charge in [-0.3, -0.25) is 9.59 Å². The van der Waals surface area contributed by atoms with Crippen molar-refractivity contribution in [3.8, 4) is 5.75 Å². The predicted octanol–water partition coefficient (Wildman–Crippen LogP) is 4.65. The lowest BCUT2D eigenvalue weighted by atomic mass is 9.98. The van der Waals surface area contributed by atoms with Crippen LogP contribution in [0.15, 0.2) is 46.9 Å². The Hall–Kier alpha value is -2.34. The number of carbonyl (C=O) groups is 2. The van der Waals surface area contributed by atoms with Crippen LogP contribution in [0.2, 0.25) is 0 Å². The largest absolute Gasteiger partial charge is 0.483 e. The van der Waals surface area contributed by atoms with Crippen LogP contribution < -0.4 is 10.1 Å². The summed E-state index contributed by atoms with van der Waals surface area (Å²) in [6.45, 7) is 5.70. The van der Waals surface area contributed by atoms with E-state index in [1.807, 2.05) is 30.0 Å². The first kappa shape index (κ1) is 20.4. The zero-order valence-electron chi connectivity index (χ0n) is 16.2. The summed E-state index contributed by atoms with van der Waals surface area (Å²) < 4.78 is 6.55. The average Bonchev–Trinajstić information content (AvgIpc) is 2.68. The number of piperidine rings is 1. The summed E-state index contributed by atoms with van der Waals surface area (Å²) >= 11 is 3.40. The van der Waals surface area contributed by atoms with Crippen LogP contribution in [0, 0.1) is 12.8 Å². The topological polar surface area (TPSA) is 58.6 Å². The molecule has 1 fully saturated rings. The van der Waals surface area contributed by atoms with Crippen molar-refractivity contribution in [3.05, 3.63) is 58.1 Å². The summed E-state index contributed by atoms with van der Waals surface area (Å²) in [5.41, 5.74) is 2.25. The monoisotopic (exact) mass is 444 g/mol. The molecule has 1 heterocycles. The smallest absolute Gasteiger partial charge is 0.262 e. The molecule has 0 spiro atoms. The maximum absolute atomic E-state index is 12.6. The van der Waals surface area contributed by atoms with Gasteiger partial charge in [0, 0.05) is 28.8 Å². The van der Waals surface area contributed by atoms with Crippen molar-refractivity contribution in [1.82, 2.24) is 4.90 Å². The van der Waals surface area contributed by atoms with Crippen LogP contribution in [-0.2, 0) is 4.79 Å². The molecule has 0 unspecified atom stereocenters. The Kier molecular flexibility index (Phi) is 6.73. The molecule has 3 rings (SSSR count). The summed E-state index contributed by atoms with van der Waals surface area (Å²) in [6.07, 6.45) is 2.11. The number of anilines is 1. The fraction of sp³-hybridized carbons (Fsp3) is 0.364. The SMILES string of the molecule is Cc1cc(Br)ccc1OCC(=O)Nc1ccc(C(=O)N2CCC(C)CC2)cc1. The Balaban J connectivity index is 1.52. The Morgan fingerprint density at radius 3 is 2.46 bits per heavy atom. The Bertz CT molecular complexity index is 843. The molecule has 1 N–H and O–H groups in total. The van der Waals surface area contributed by atoms with E-state index in [1.165, 1.54) is 0 Å². The van der Waals surface area contributed by atoms with E-state index in [4.69, 9.17) is 4.74 Å². The summed E-state index contributed by atoms with van der Waals surface area (Å²) in [5, 5.41) is 2.80. The lowest BCUT2D eigenvalue weighted by Gasteiger charge is -2.30. The number of carbonyl (C=O) groups excluding carboxylic acids is 2. The van der Waals surface area contributed by atoms with E-state index in [-0.39, 0.29) is 18.4 Å². The molecule has 5 nitrogen and oxygen atoms in total. The molecule has 2 amide bonds. The van der Waals surface area contributed by atoms with E-state index in [1.54, 1.807) is 24.3 Å². The van der Waals surface area contributed by atoms with Crippen molar-refractivity contribution >= 4 is 33.4 Å². The number of nitrogens with one attached hydrogen (secondary N) is 1. The van der Waals surface area contributed by atoms with Crippen molar-refractivity contribution in [2.45, 2.75) is 26.7 Å². The van der Waals surface area contributed by atoms with Crippen LogP contribution in [0.5, 0.6) is 5.75 Å². The molecule has 1 saturated heterocycles. The molecule has 0 bridgehead atoms. The van der Waals surface area contributed by atoms with Gasteiger partial charge in [0.2, 0.25) is 0 Å².